The number of carbonyl (C=O) groups is 1. The molecular formula is C14H15N5O. The van der Waals surface area contributed by atoms with Gasteiger partial charge in [0.15, 0.2) is 0 Å². The van der Waals surface area contributed by atoms with E-state index in [1.165, 1.54) is 0 Å². The molecule has 3 aromatic rings. The van der Waals surface area contributed by atoms with Crippen molar-refractivity contribution < 1.29 is 4.79 Å². The van der Waals surface area contributed by atoms with Crippen molar-refractivity contribution in [2.24, 2.45) is 7.05 Å². The van der Waals surface area contributed by atoms with E-state index >= 15 is 0 Å². The van der Waals surface area contributed by atoms with Crippen molar-refractivity contribution in [2.45, 2.75) is 6.54 Å². The van der Waals surface area contributed by atoms with Crippen molar-refractivity contribution in [2.75, 3.05) is 5.73 Å². The van der Waals surface area contributed by atoms with Crippen LogP contribution in [-0.4, -0.2) is 20.7 Å². The molecule has 0 aliphatic rings. The fraction of sp³-hybridized carbons (Fsp3) is 0.143. The fourth-order valence-electron chi connectivity index (χ4n) is 2.17. The summed E-state index contributed by atoms with van der Waals surface area (Å²) in [5, 5.41) is 7.77. The Hall–Kier alpha value is -2.76. The highest BCUT2D eigenvalue weighted by Gasteiger charge is 2.12. The van der Waals surface area contributed by atoms with Crippen LogP contribution in [-0.2, 0) is 13.6 Å². The van der Waals surface area contributed by atoms with E-state index in [0.29, 0.717) is 17.8 Å². The number of hydrogen-bond acceptors (Lipinski definition) is 3. The minimum atomic E-state index is -0.136. The monoisotopic (exact) mass is 269 g/mol. The number of nitrogens with zero attached hydrogens (tertiary/aromatic N) is 2. The second-order valence-electron chi connectivity index (χ2n) is 4.64. The van der Waals surface area contributed by atoms with E-state index in [2.05, 4.69) is 15.4 Å². The van der Waals surface area contributed by atoms with E-state index in [-0.39, 0.29) is 5.91 Å². The third-order valence-corrected chi connectivity index (χ3v) is 3.30. The summed E-state index contributed by atoms with van der Waals surface area (Å²) < 4.78 is 1.73. The molecule has 0 unspecified atom stereocenters. The van der Waals surface area contributed by atoms with Gasteiger partial charge in [0.1, 0.15) is 0 Å². The van der Waals surface area contributed by atoms with Crippen molar-refractivity contribution in [3.63, 3.8) is 0 Å². The molecule has 0 saturated carbocycles. The fourth-order valence-corrected chi connectivity index (χ4v) is 2.17. The number of aromatic amines is 1. The number of aryl methyl sites for hydroxylation is 1. The molecule has 0 atom stereocenters. The number of nitrogens with one attached hydrogen (secondary N) is 2. The number of hydrogen-bond donors (Lipinski definition) is 3. The van der Waals surface area contributed by atoms with Gasteiger partial charge < -0.3 is 16.0 Å². The molecule has 0 aliphatic heterocycles. The van der Waals surface area contributed by atoms with Gasteiger partial charge in [0.2, 0.25) is 0 Å². The lowest BCUT2D eigenvalue weighted by Gasteiger charge is -2.05. The maximum atomic E-state index is 12.2. The molecule has 1 aromatic carbocycles. The third kappa shape index (κ3) is 2.11. The summed E-state index contributed by atoms with van der Waals surface area (Å²) in [6.07, 6.45) is 3.40. The van der Waals surface area contributed by atoms with Crippen LogP contribution in [0.2, 0.25) is 0 Å². The largest absolute Gasteiger partial charge is 0.399 e. The van der Waals surface area contributed by atoms with Crippen LogP contribution in [0.25, 0.3) is 10.9 Å². The number of carbonyl (C=O) groups excluding carboxylic acids is 1. The van der Waals surface area contributed by atoms with Gasteiger partial charge in [-0.05, 0) is 24.3 Å². The average Bonchev–Trinajstić information content (AvgIpc) is 3.02. The summed E-state index contributed by atoms with van der Waals surface area (Å²) in [7, 11) is 1.84. The van der Waals surface area contributed by atoms with Gasteiger partial charge in [-0.25, -0.2) is 0 Å². The highest BCUT2D eigenvalue weighted by atomic mass is 16.1. The summed E-state index contributed by atoms with van der Waals surface area (Å²) in [5.74, 6) is -0.136. The molecule has 20 heavy (non-hydrogen) atoms. The quantitative estimate of drug-likeness (QED) is 0.628. The predicted molar refractivity (Wildman–Crippen MR) is 77.1 cm³/mol. The van der Waals surface area contributed by atoms with Gasteiger partial charge in [0.25, 0.3) is 5.91 Å². The van der Waals surface area contributed by atoms with Crippen molar-refractivity contribution in [1.82, 2.24) is 20.1 Å². The second kappa shape index (κ2) is 4.73. The van der Waals surface area contributed by atoms with Crippen molar-refractivity contribution in [3.05, 3.63) is 47.9 Å². The van der Waals surface area contributed by atoms with Gasteiger partial charge in [0.05, 0.1) is 17.8 Å². The average molecular weight is 269 g/mol. The minimum absolute atomic E-state index is 0.136. The molecule has 0 aliphatic carbocycles. The first-order valence-corrected chi connectivity index (χ1v) is 6.27. The molecule has 0 spiro atoms. The number of benzene rings is 1. The van der Waals surface area contributed by atoms with Crippen LogP contribution < -0.4 is 11.1 Å². The summed E-state index contributed by atoms with van der Waals surface area (Å²) in [5.41, 5.74) is 8.83. The summed E-state index contributed by atoms with van der Waals surface area (Å²) >= 11 is 0. The first-order chi connectivity index (χ1) is 9.65. The number of H-pyrrole nitrogens is 1. The highest BCUT2D eigenvalue weighted by Crippen LogP contribution is 2.20. The third-order valence-electron chi connectivity index (χ3n) is 3.30. The van der Waals surface area contributed by atoms with Gasteiger partial charge in [-0.2, -0.15) is 5.10 Å². The molecule has 1 amide bonds. The SMILES string of the molecule is Cn1nccc1CNC(=O)c1c[nH]c2ccc(N)cc12. The standard InChI is InChI=1S/C14H15N5O/c1-19-10(4-5-18-19)7-17-14(20)12-8-16-13-3-2-9(15)6-11(12)13/h2-6,8,16H,7,15H2,1H3,(H,17,20). The lowest BCUT2D eigenvalue weighted by molar-refractivity contribution is 0.0952. The van der Waals surface area contributed by atoms with Crippen molar-refractivity contribution in [3.8, 4) is 0 Å². The molecule has 0 saturated heterocycles. The van der Waals surface area contributed by atoms with E-state index in [4.69, 9.17) is 5.73 Å². The summed E-state index contributed by atoms with van der Waals surface area (Å²) in [6.45, 7) is 0.435. The zero-order valence-corrected chi connectivity index (χ0v) is 11.1. The topological polar surface area (TPSA) is 88.7 Å². The van der Waals surface area contributed by atoms with Crippen LogP contribution in [0.4, 0.5) is 5.69 Å². The van der Waals surface area contributed by atoms with E-state index in [1.54, 1.807) is 29.2 Å². The summed E-state index contributed by atoms with van der Waals surface area (Å²) in [6, 6.07) is 7.33. The Bertz CT molecular complexity index is 771. The number of amides is 1. The molecule has 0 fully saturated rings. The van der Waals surface area contributed by atoms with Gasteiger partial charge in [0, 0.05) is 36.0 Å². The van der Waals surface area contributed by atoms with Crippen LogP contribution in [0, 0.1) is 0 Å². The lowest BCUT2D eigenvalue weighted by atomic mass is 10.1. The summed E-state index contributed by atoms with van der Waals surface area (Å²) in [4.78, 5) is 15.3. The molecule has 6 heteroatoms. The number of nitrogen functional groups attached to an aromatic ring is 1. The maximum absolute atomic E-state index is 12.2. The number of aromatic nitrogens is 3. The normalized spacial score (nSPS) is 10.8. The van der Waals surface area contributed by atoms with E-state index in [0.717, 1.165) is 16.6 Å². The maximum Gasteiger partial charge on any atom is 0.253 e. The van der Waals surface area contributed by atoms with Crippen LogP contribution in [0.15, 0.2) is 36.7 Å². The number of anilines is 1. The van der Waals surface area contributed by atoms with Crippen molar-refractivity contribution >= 4 is 22.5 Å². The lowest BCUT2D eigenvalue weighted by Crippen LogP contribution is -2.23. The van der Waals surface area contributed by atoms with Crippen LogP contribution >= 0.6 is 0 Å². The Morgan fingerprint density at radius 3 is 3.05 bits per heavy atom. The molecular weight excluding hydrogens is 254 g/mol. The van der Waals surface area contributed by atoms with Crippen LogP contribution in [0.1, 0.15) is 16.1 Å². The molecule has 4 N–H and O–H groups in total. The highest BCUT2D eigenvalue weighted by molar-refractivity contribution is 6.07. The molecule has 0 bridgehead atoms. The molecule has 3 rings (SSSR count). The molecule has 102 valence electrons. The smallest absolute Gasteiger partial charge is 0.253 e. The molecule has 2 heterocycles. The van der Waals surface area contributed by atoms with Crippen molar-refractivity contribution in [1.29, 1.82) is 0 Å². The molecule has 2 aromatic heterocycles. The van der Waals surface area contributed by atoms with Gasteiger partial charge >= 0.3 is 0 Å². The number of fused-ring (bicyclic) bond motifs is 1. The Morgan fingerprint density at radius 2 is 2.30 bits per heavy atom. The first-order valence-electron chi connectivity index (χ1n) is 6.27. The number of nitrogens with two attached hydrogens (primary N) is 1. The molecule has 6 nitrogen and oxygen atoms in total. The number of rotatable bonds is 3. The van der Waals surface area contributed by atoms with E-state index < -0.39 is 0 Å². The van der Waals surface area contributed by atoms with Gasteiger partial charge in [-0.1, -0.05) is 0 Å². The van der Waals surface area contributed by atoms with Crippen LogP contribution in [0.3, 0.4) is 0 Å². The predicted octanol–water partition coefficient (Wildman–Crippen LogP) is 1.41. The Morgan fingerprint density at radius 1 is 1.45 bits per heavy atom. The molecule has 0 radical (unpaired) electrons. The van der Waals surface area contributed by atoms with Crippen LogP contribution in [0.5, 0.6) is 0 Å². The second-order valence-corrected chi connectivity index (χ2v) is 4.64. The van der Waals surface area contributed by atoms with E-state index in [1.807, 2.05) is 19.2 Å². The van der Waals surface area contributed by atoms with Gasteiger partial charge in [-0.15, -0.1) is 0 Å². The van der Waals surface area contributed by atoms with Gasteiger partial charge in [-0.3, -0.25) is 9.48 Å². The minimum Gasteiger partial charge on any atom is -0.399 e. The Balaban J connectivity index is 1.82. The zero-order valence-electron chi connectivity index (χ0n) is 11.1. The Kier molecular flexibility index (Phi) is 2.90. The van der Waals surface area contributed by atoms with E-state index in [9.17, 15) is 4.79 Å². The first kappa shape index (κ1) is 12.3. The Labute approximate surface area is 115 Å². The zero-order chi connectivity index (χ0) is 14.1.